The van der Waals surface area contributed by atoms with E-state index in [1.165, 1.54) is 0 Å². The van der Waals surface area contributed by atoms with Gasteiger partial charge in [-0.1, -0.05) is 13.8 Å². The van der Waals surface area contributed by atoms with Gasteiger partial charge in [0.25, 0.3) is 0 Å². The van der Waals surface area contributed by atoms with Gasteiger partial charge in [0.2, 0.25) is 0 Å². The van der Waals surface area contributed by atoms with Crippen molar-refractivity contribution < 1.29 is 0 Å². The zero-order valence-electron chi connectivity index (χ0n) is 7.44. The van der Waals surface area contributed by atoms with E-state index in [0.29, 0.717) is 5.92 Å². The zero-order chi connectivity index (χ0) is 8.15. The minimum Gasteiger partial charge on any atom is -0.361 e. The Hall–Kier alpha value is -0.530. The molecule has 0 heterocycles. The van der Waals surface area contributed by atoms with E-state index in [9.17, 15) is 0 Å². The Morgan fingerprint density at radius 2 is 1.70 bits per heavy atom. The van der Waals surface area contributed by atoms with Gasteiger partial charge in [0, 0.05) is 19.0 Å². The van der Waals surface area contributed by atoms with Gasteiger partial charge in [-0.05, 0) is 13.8 Å². The molecule has 0 aromatic carbocycles. The molecule has 1 N–H and O–H groups in total. The normalized spacial score (nSPS) is 10.1. The Morgan fingerprint density at radius 3 is 1.80 bits per heavy atom. The number of hydrogen-bond donors (Lipinski definition) is 1. The van der Waals surface area contributed by atoms with E-state index < -0.39 is 0 Å². The maximum absolute atomic E-state index is 7.63. The number of hydrogen-bond acceptors (Lipinski definition) is 1. The SMILES string of the molecule is CCN(CC)C(=N)C(C)C. The molecule has 0 atom stereocenters. The van der Waals surface area contributed by atoms with Crippen molar-refractivity contribution in [3.8, 4) is 0 Å². The summed E-state index contributed by atoms with van der Waals surface area (Å²) in [6, 6.07) is 0. The van der Waals surface area contributed by atoms with Crippen LogP contribution >= 0.6 is 0 Å². The summed E-state index contributed by atoms with van der Waals surface area (Å²) >= 11 is 0. The second kappa shape index (κ2) is 4.31. The summed E-state index contributed by atoms with van der Waals surface area (Å²) < 4.78 is 0. The molecule has 0 unspecified atom stereocenters. The lowest BCUT2D eigenvalue weighted by Gasteiger charge is -2.23. The third kappa shape index (κ3) is 2.38. The molecular weight excluding hydrogens is 124 g/mol. The first kappa shape index (κ1) is 9.47. The van der Waals surface area contributed by atoms with Crippen molar-refractivity contribution in [1.82, 2.24) is 4.90 Å². The van der Waals surface area contributed by atoms with Crippen LogP contribution < -0.4 is 0 Å². The molecule has 0 saturated heterocycles. The minimum atomic E-state index is 0.361. The van der Waals surface area contributed by atoms with Crippen LogP contribution in [-0.4, -0.2) is 23.8 Å². The van der Waals surface area contributed by atoms with Crippen molar-refractivity contribution in [2.24, 2.45) is 5.92 Å². The first-order chi connectivity index (χ1) is 4.63. The van der Waals surface area contributed by atoms with Crippen LogP contribution in [0.15, 0.2) is 0 Å². The summed E-state index contributed by atoms with van der Waals surface area (Å²) in [6.45, 7) is 10.2. The molecule has 2 heteroatoms. The fourth-order valence-corrected chi connectivity index (χ4v) is 0.929. The monoisotopic (exact) mass is 142 g/mol. The third-order valence-electron chi connectivity index (χ3n) is 1.65. The zero-order valence-corrected chi connectivity index (χ0v) is 7.44. The maximum atomic E-state index is 7.63. The number of nitrogens with one attached hydrogen (secondary N) is 1. The summed E-state index contributed by atoms with van der Waals surface area (Å²) in [7, 11) is 0. The molecule has 0 spiro atoms. The molecule has 2 nitrogen and oxygen atoms in total. The fourth-order valence-electron chi connectivity index (χ4n) is 0.929. The van der Waals surface area contributed by atoms with Gasteiger partial charge in [-0.3, -0.25) is 5.41 Å². The van der Waals surface area contributed by atoms with Gasteiger partial charge in [-0.25, -0.2) is 0 Å². The molecule has 0 aliphatic heterocycles. The van der Waals surface area contributed by atoms with Gasteiger partial charge >= 0.3 is 0 Å². The van der Waals surface area contributed by atoms with Gasteiger partial charge in [0.05, 0.1) is 5.84 Å². The largest absolute Gasteiger partial charge is 0.361 e. The van der Waals surface area contributed by atoms with Crippen LogP contribution in [0.2, 0.25) is 0 Å². The average molecular weight is 142 g/mol. The highest BCUT2D eigenvalue weighted by atomic mass is 15.2. The quantitative estimate of drug-likeness (QED) is 0.473. The molecular formula is C8H18N2. The molecule has 0 saturated carbocycles. The van der Waals surface area contributed by atoms with E-state index in [-0.39, 0.29) is 0 Å². The highest BCUT2D eigenvalue weighted by molar-refractivity contribution is 5.80. The number of rotatable bonds is 3. The van der Waals surface area contributed by atoms with Gasteiger partial charge in [0.15, 0.2) is 0 Å². The summed E-state index contributed by atoms with van der Waals surface area (Å²) in [6.07, 6.45) is 0. The molecule has 0 aromatic heterocycles. The molecule has 0 aromatic rings. The molecule has 0 fully saturated rings. The topological polar surface area (TPSA) is 27.1 Å². The van der Waals surface area contributed by atoms with E-state index in [0.717, 1.165) is 18.9 Å². The second-order valence-corrected chi connectivity index (χ2v) is 2.71. The van der Waals surface area contributed by atoms with Gasteiger partial charge < -0.3 is 4.90 Å². The van der Waals surface area contributed by atoms with Crippen LogP contribution in [0, 0.1) is 11.3 Å². The summed E-state index contributed by atoms with van der Waals surface area (Å²) in [4.78, 5) is 2.07. The maximum Gasteiger partial charge on any atom is 0.0983 e. The van der Waals surface area contributed by atoms with Crippen LogP contribution in [0.5, 0.6) is 0 Å². The van der Waals surface area contributed by atoms with Crippen LogP contribution in [0.4, 0.5) is 0 Å². The van der Waals surface area contributed by atoms with E-state index in [1.54, 1.807) is 0 Å². The lowest BCUT2D eigenvalue weighted by Crippen LogP contribution is -2.33. The lowest BCUT2D eigenvalue weighted by molar-refractivity contribution is 0.438. The van der Waals surface area contributed by atoms with E-state index in [2.05, 4.69) is 32.6 Å². The van der Waals surface area contributed by atoms with E-state index >= 15 is 0 Å². The van der Waals surface area contributed by atoms with Crippen LogP contribution in [-0.2, 0) is 0 Å². The van der Waals surface area contributed by atoms with Gasteiger partial charge in [0.1, 0.15) is 0 Å². The summed E-state index contributed by atoms with van der Waals surface area (Å²) in [5, 5.41) is 7.63. The molecule has 0 radical (unpaired) electrons. The Balaban J connectivity index is 3.89. The number of amidine groups is 1. The Bertz CT molecular complexity index is 104. The third-order valence-corrected chi connectivity index (χ3v) is 1.65. The smallest absolute Gasteiger partial charge is 0.0983 e. The molecule has 60 valence electrons. The molecule has 10 heavy (non-hydrogen) atoms. The number of nitrogens with zero attached hydrogens (tertiary/aromatic N) is 1. The van der Waals surface area contributed by atoms with Crippen molar-refractivity contribution in [3.05, 3.63) is 0 Å². The van der Waals surface area contributed by atoms with Gasteiger partial charge in [-0.15, -0.1) is 0 Å². The van der Waals surface area contributed by atoms with Crippen molar-refractivity contribution in [2.45, 2.75) is 27.7 Å². The van der Waals surface area contributed by atoms with Crippen LogP contribution in [0.1, 0.15) is 27.7 Å². The standard InChI is InChI=1S/C8H18N2/c1-5-10(6-2)8(9)7(3)4/h7,9H,5-6H2,1-4H3. The molecule has 0 rings (SSSR count). The lowest BCUT2D eigenvalue weighted by atomic mass is 10.2. The summed E-state index contributed by atoms with van der Waals surface area (Å²) in [5.74, 6) is 1.12. The van der Waals surface area contributed by atoms with Crippen LogP contribution in [0.25, 0.3) is 0 Å². The predicted molar refractivity (Wildman–Crippen MR) is 45.5 cm³/mol. The fraction of sp³-hybridized carbons (Fsp3) is 0.875. The predicted octanol–water partition coefficient (Wildman–Crippen LogP) is 1.96. The second-order valence-electron chi connectivity index (χ2n) is 2.71. The van der Waals surface area contributed by atoms with Gasteiger partial charge in [-0.2, -0.15) is 0 Å². The molecule has 0 aliphatic carbocycles. The highest BCUT2D eigenvalue weighted by Gasteiger charge is 2.07. The first-order valence-corrected chi connectivity index (χ1v) is 3.96. The molecule has 0 amide bonds. The van der Waals surface area contributed by atoms with E-state index in [1.807, 2.05) is 0 Å². The van der Waals surface area contributed by atoms with E-state index in [4.69, 9.17) is 5.41 Å². The Kier molecular flexibility index (Phi) is 4.08. The summed E-state index contributed by atoms with van der Waals surface area (Å²) in [5.41, 5.74) is 0. The first-order valence-electron chi connectivity index (χ1n) is 3.96. The van der Waals surface area contributed by atoms with Crippen molar-refractivity contribution >= 4 is 5.84 Å². The van der Waals surface area contributed by atoms with Crippen molar-refractivity contribution in [3.63, 3.8) is 0 Å². The Morgan fingerprint density at radius 1 is 1.30 bits per heavy atom. The van der Waals surface area contributed by atoms with Crippen LogP contribution in [0.3, 0.4) is 0 Å². The Labute approximate surface area is 63.7 Å². The highest BCUT2D eigenvalue weighted by Crippen LogP contribution is 2.00. The minimum absolute atomic E-state index is 0.361. The molecule has 0 bridgehead atoms. The molecule has 0 aliphatic rings. The van der Waals surface area contributed by atoms with Crippen molar-refractivity contribution in [1.29, 1.82) is 5.41 Å². The average Bonchev–Trinajstić information content (AvgIpc) is 1.90. The van der Waals surface area contributed by atoms with Crippen molar-refractivity contribution in [2.75, 3.05) is 13.1 Å².